The number of alkyl carbamates (subject to hydrolysis) is 1. The lowest BCUT2D eigenvalue weighted by Crippen LogP contribution is -2.59. The third kappa shape index (κ3) is 9.84. The van der Waals surface area contributed by atoms with E-state index in [-0.39, 0.29) is 42.1 Å². The maximum absolute atomic E-state index is 14.7. The Bertz CT molecular complexity index is 2140. The molecular formula is C39H47ClF5N5O9S. The predicted molar refractivity (Wildman–Crippen MR) is 207 cm³/mol. The lowest BCUT2D eigenvalue weighted by Gasteiger charge is -2.33. The summed E-state index contributed by atoms with van der Waals surface area (Å²) in [5, 5.41) is 5.87. The molecule has 60 heavy (non-hydrogen) atoms. The molecule has 1 saturated heterocycles. The fourth-order valence-corrected chi connectivity index (χ4v) is 9.18. The van der Waals surface area contributed by atoms with Crippen LogP contribution >= 0.6 is 11.6 Å². The Morgan fingerprint density at radius 2 is 1.85 bits per heavy atom. The number of sulfonamides is 1. The summed E-state index contributed by atoms with van der Waals surface area (Å²) in [6, 6.07) is 3.08. The number of rotatable bonds is 10. The third-order valence-electron chi connectivity index (χ3n) is 11.7. The van der Waals surface area contributed by atoms with Crippen molar-refractivity contribution in [3.8, 4) is 11.8 Å². The van der Waals surface area contributed by atoms with Crippen LogP contribution in [-0.2, 0) is 29.1 Å². The minimum Gasteiger partial charge on any atom is -0.472 e. The van der Waals surface area contributed by atoms with E-state index < -0.39 is 99.5 Å². The number of carbonyl (C=O) groups excluding carboxylic acids is 4. The van der Waals surface area contributed by atoms with Gasteiger partial charge < -0.3 is 29.7 Å². The van der Waals surface area contributed by atoms with Gasteiger partial charge in [0.25, 0.3) is 12.3 Å². The SMILES string of the molecule is C[C@@H]1CC/C=C\C2C[C@@]2(C(=O)NS(=O)(=O)C2(C)CC2)NC(=O)[C@@H]2C[C@@H](Oc3nc(OCC(F)F)cc4c(Cl)cccc34)CN2C(=O)[C@@H](NC(=O)O[C@H](C)C(F)(F)F)[C@H](C)C1. The molecular weight excluding hydrogens is 845 g/mol. The van der Waals surface area contributed by atoms with E-state index in [2.05, 4.69) is 25.1 Å². The molecule has 0 radical (unpaired) electrons. The lowest BCUT2D eigenvalue weighted by atomic mass is 9.88. The van der Waals surface area contributed by atoms with Crippen molar-refractivity contribution in [2.24, 2.45) is 17.8 Å². The van der Waals surface area contributed by atoms with Gasteiger partial charge in [-0.1, -0.05) is 43.7 Å². The summed E-state index contributed by atoms with van der Waals surface area (Å²) in [4.78, 5) is 61.4. The van der Waals surface area contributed by atoms with Crippen LogP contribution in [0, 0.1) is 17.8 Å². The van der Waals surface area contributed by atoms with Gasteiger partial charge in [-0.05, 0) is 76.3 Å². The number of amides is 4. The number of hydrogen-bond donors (Lipinski definition) is 3. The van der Waals surface area contributed by atoms with Crippen LogP contribution in [0.25, 0.3) is 10.8 Å². The van der Waals surface area contributed by atoms with E-state index in [4.69, 9.17) is 21.1 Å². The highest BCUT2D eigenvalue weighted by atomic mass is 35.5. The molecule has 3 fully saturated rings. The number of nitrogens with zero attached hydrogens (tertiary/aromatic N) is 2. The molecule has 6 rings (SSSR count). The average molecular weight is 892 g/mol. The second-order valence-corrected chi connectivity index (χ2v) is 19.1. The van der Waals surface area contributed by atoms with Crippen LogP contribution in [-0.4, -0.2) is 102 Å². The Balaban J connectivity index is 1.37. The molecule has 0 bridgehead atoms. The zero-order valence-corrected chi connectivity index (χ0v) is 34.8. The van der Waals surface area contributed by atoms with Crippen LogP contribution in [0.15, 0.2) is 36.4 Å². The van der Waals surface area contributed by atoms with E-state index in [1.807, 2.05) is 13.0 Å². The van der Waals surface area contributed by atoms with Gasteiger partial charge in [-0.2, -0.15) is 18.2 Å². The fourth-order valence-electron chi connectivity index (χ4n) is 7.64. The molecule has 330 valence electrons. The summed E-state index contributed by atoms with van der Waals surface area (Å²) >= 11 is 6.43. The number of hydrogen-bond acceptors (Lipinski definition) is 10. The number of halogens is 6. The Morgan fingerprint density at radius 1 is 1.13 bits per heavy atom. The highest BCUT2D eigenvalue weighted by Gasteiger charge is 2.63. The first kappa shape index (κ1) is 45.1. The number of ether oxygens (including phenoxy) is 3. The maximum Gasteiger partial charge on any atom is 0.425 e. The molecule has 14 nitrogen and oxygen atoms in total. The van der Waals surface area contributed by atoms with Gasteiger partial charge in [0.2, 0.25) is 33.6 Å². The topological polar surface area (TPSA) is 182 Å². The first-order chi connectivity index (χ1) is 28.0. The van der Waals surface area contributed by atoms with E-state index in [0.717, 1.165) is 4.90 Å². The lowest BCUT2D eigenvalue weighted by molar-refractivity contribution is -0.197. The number of benzene rings is 1. The first-order valence-electron chi connectivity index (χ1n) is 19.6. The molecule has 21 heteroatoms. The van der Waals surface area contributed by atoms with Crippen LogP contribution in [0.3, 0.4) is 0 Å². The van der Waals surface area contributed by atoms with Crippen LogP contribution in [0.1, 0.15) is 72.6 Å². The quantitative estimate of drug-likeness (QED) is 0.195. The number of aromatic nitrogens is 1. The summed E-state index contributed by atoms with van der Waals surface area (Å²) in [7, 11) is -4.13. The number of alkyl halides is 5. The molecule has 3 heterocycles. The smallest absolute Gasteiger partial charge is 0.425 e. The van der Waals surface area contributed by atoms with Crippen LogP contribution < -0.4 is 24.8 Å². The molecule has 1 aromatic heterocycles. The zero-order chi connectivity index (χ0) is 43.9. The minimum atomic E-state index is -4.90. The van der Waals surface area contributed by atoms with Crippen molar-refractivity contribution in [3.05, 3.63) is 41.4 Å². The monoisotopic (exact) mass is 891 g/mol. The van der Waals surface area contributed by atoms with Gasteiger partial charge in [0, 0.05) is 34.2 Å². The van der Waals surface area contributed by atoms with Crippen molar-refractivity contribution < 1.29 is 63.8 Å². The van der Waals surface area contributed by atoms with Crippen LogP contribution in [0.5, 0.6) is 11.8 Å². The predicted octanol–water partition coefficient (Wildman–Crippen LogP) is 5.81. The Labute approximate surface area is 348 Å². The summed E-state index contributed by atoms with van der Waals surface area (Å²) in [6.45, 7) is 4.28. The highest BCUT2D eigenvalue weighted by Crippen LogP contribution is 2.48. The van der Waals surface area contributed by atoms with E-state index >= 15 is 0 Å². The number of nitrogens with one attached hydrogen (secondary N) is 3. The van der Waals surface area contributed by atoms with Crippen molar-refractivity contribution in [1.82, 2.24) is 25.2 Å². The van der Waals surface area contributed by atoms with Crippen molar-refractivity contribution in [2.75, 3.05) is 13.2 Å². The third-order valence-corrected chi connectivity index (χ3v) is 14.2. The van der Waals surface area contributed by atoms with Crippen molar-refractivity contribution in [3.63, 3.8) is 0 Å². The molecule has 8 atom stereocenters. The van der Waals surface area contributed by atoms with E-state index in [0.29, 0.717) is 49.8 Å². The fraction of sp³-hybridized carbons (Fsp3) is 0.615. The van der Waals surface area contributed by atoms with Crippen LogP contribution in [0.2, 0.25) is 5.02 Å². The van der Waals surface area contributed by atoms with Crippen molar-refractivity contribution in [1.29, 1.82) is 0 Å². The van der Waals surface area contributed by atoms with Gasteiger partial charge in [0.15, 0.2) is 12.7 Å². The molecule has 2 aliphatic heterocycles. The molecule has 0 spiro atoms. The standard InChI is InChI=1S/C39H47ClF5N5O9S/c1-20-8-5-6-9-23-17-38(23,35(53)49-60(55,56)37(4)12-13-37)48-32(51)28-15-24(59-33-25-10-7-11-27(40)26(25)16-30(46-33)57-19-29(41)42)18-50(28)34(52)31(21(2)14-20)47-36(54)58-22(3)39(43,44)45/h6-7,9-11,16,20-24,28-29,31H,5,8,12-15,17-19H2,1-4H3,(H,47,54)(H,48,51)(H,49,53)/b9-6-/t20-,21-,22-,23?,24-,28+,31+,38-/m1/s1. The van der Waals surface area contributed by atoms with Gasteiger partial charge in [-0.3, -0.25) is 19.1 Å². The highest BCUT2D eigenvalue weighted by molar-refractivity contribution is 7.91. The molecule has 2 aromatic rings. The summed E-state index contributed by atoms with van der Waals surface area (Å²) < 4.78 is 110. The second-order valence-electron chi connectivity index (χ2n) is 16.5. The van der Waals surface area contributed by atoms with E-state index in [1.165, 1.54) is 19.1 Å². The van der Waals surface area contributed by atoms with E-state index in [1.54, 1.807) is 25.1 Å². The molecule has 4 amide bonds. The minimum absolute atomic E-state index is 0.0377. The molecule has 2 aliphatic carbocycles. The maximum atomic E-state index is 14.7. The molecule has 3 N–H and O–H groups in total. The van der Waals surface area contributed by atoms with Crippen molar-refractivity contribution in [2.45, 2.75) is 120 Å². The van der Waals surface area contributed by atoms with Crippen molar-refractivity contribution >= 4 is 56.2 Å². The zero-order valence-electron chi connectivity index (χ0n) is 33.2. The van der Waals surface area contributed by atoms with Crippen LogP contribution in [0.4, 0.5) is 26.7 Å². The molecule has 1 unspecified atom stereocenters. The van der Waals surface area contributed by atoms with Gasteiger partial charge in [0.05, 0.1) is 11.3 Å². The van der Waals surface area contributed by atoms with E-state index in [9.17, 15) is 49.5 Å². The Hall–Kier alpha value is -4.46. The van der Waals surface area contributed by atoms with Gasteiger partial charge in [-0.25, -0.2) is 22.0 Å². The van der Waals surface area contributed by atoms with Gasteiger partial charge >= 0.3 is 12.3 Å². The first-order valence-corrected chi connectivity index (χ1v) is 21.5. The Kier molecular flexibility index (Phi) is 12.9. The molecule has 4 aliphatic rings. The number of fused-ring (bicyclic) bond motifs is 3. The summed E-state index contributed by atoms with van der Waals surface area (Å²) in [5.74, 6) is -4.55. The number of carbonyl (C=O) groups is 4. The normalized spacial score (nSPS) is 29.2. The summed E-state index contributed by atoms with van der Waals surface area (Å²) in [5.41, 5.74) is -1.72. The average Bonchev–Trinajstić information content (AvgIpc) is 4.04. The van der Waals surface area contributed by atoms with Gasteiger partial charge in [0.1, 0.15) is 23.7 Å². The molecule has 2 saturated carbocycles. The molecule has 1 aromatic carbocycles. The second kappa shape index (κ2) is 17.1. The number of pyridine rings is 1. The number of allylic oxidation sites excluding steroid dienone is 1. The van der Waals surface area contributed by atoms with Gasteiger partial charge in [-0.15, -0.1) is 0 Å². The largest absolute Gasteiger partial charge is 0.472 e. The summed E-state index contributed by atoms with van der Waals surface area (Å²) in [6.07, 6.45) is -7.51. The Morgan fingerprint density at radius 3 is 2.52 bits per heavy atom.